The van der Waals surface area contributed by atoms with Gasteiger partial charge in [0, 0.05) is 5.56 Å². The van der Waals surface area contributed by atoms with Gasteiger partial charge in [0.05, 0.1) is 26.3 Å². The van der Waals surface area contributed by atoms with Gasteiger partial charge in [-0.2, -0.15) is 0 Å². The van der Waals surface area contributed by atoms with Gasteiger partial charge in [0.2, 0.25) is 0 Å². The molecule has 4 heteroatoms. The lowest BCUT2D eigenvalue weighted by molar-refractivity contribution is 0.0666. The van der Waals surface area contributed by atoms with E-state index >= 15 is 0 Å². The third-order valence-corrected chi connectivity index (χ3v) is 5.59. The molecule has 0 bridgehead atoms. The van der Waals surface area contributed by atoms with Gasteiger partial charge >= 0.3 is 0 Å². The van der Waals surface area contributed by atoms with Crippen LogP contribution in [0.5, 0.6) is 0 Å². The van der Waals surface area contributed by atoms with Crippen LogP contribution in [0.15, 0.2) is 54.6 Å². The van der Waals surface area contributed by atoms with Crippen LogP contribution in [0.25, 0.3) is 21.5 Å². The summed E-state index contributed by atoms with van der Waals surface area (Å²) in [5.41, 5.74) is 0.294. The Morgan fingerprint density at radius 3 is 2.04 bits per heavy atom. The number of fused-ring (bicyclic) bond motifs is 2. The molecule has 0 radical (unpaired) electrons. The molecule has 2 atom stereocenters. The highest BCUT2D eigenvalue weighted by molar-refractivity contribution is 6.10. The van der Waals surface area contributed by atoms with Crippen LogP contribution in [0.4, 0.5) is 0 Å². The second-order valence-electron chi connectivity index (χ2n) is 8.36. The van der Waals surface area contributed by atoms with Crippen molar-refractivity contribution in [1.29, 1.82) is 0 Å². The summed E-state index contributed by atoms with van der Waals surface area (Å²) >= 11 is 0. The van der Waals surface area contributed by atoms with E-state index in [4.69, 9.17) is 9.47 Å². The molecule has 0 aromatic heterocycles. The first-order valence-electron chi connectivity index (χ1n) is 9.44. The van der Waals surface area contributed by atoms with E-state index in [1.165, 1.54) is 5.39 Å². The van der Waals surface area contributed by atoms with Gasteiger partial charge in [-0.1, -0.05) is 36.4 Å². The number of nitrogens with zero attached hydrogens (tertiary/aromatic N) is 1. The first-order valence-corrected chi connectivity index (χ1v) is 9.44. The zero-order chi connectivity index (χ0) is 18.6. The number of benzene rings is 3. The Morgan fingerprint density at radius 2 is 1.44 bits per heavy atom. The van der Waals surface area contributed by atoms with Crippen molar-refractivity contribution in [3.63, 3.8) is 0 Å². The fourth-order valence-electron chi connectivity index (χ4n) is 3.76. The van der Waals surface area contributed by atoms with Gasteiger partial charge in [0.15, 0.2) is 0 Å². The number of epoxide rings is 2. The van der Waals surface area contributed by atoms with Crippen molar-refractivity contribution in [3.05, 3.63) is 60.2 Å². The van der Waals surface area contributed by atoms with Gasteiger partial charge < -0.3 is 14.4 Å². The van der Waals surface area contributed by atoms with Crippen LogP contribution in [0.2, 0.25) is 0 Å². The molecule has 5 rings (SSSR count). The van der Waals surface area contributed by atoms with Crippen molar-refractivity contribution < 1.29 is 14.3 Å². The van der Waals surface area contributed by atoms with Gasteiger partial charge in [-0.05, 0) is 53.6 Å². The summed E-state index contributed by atoms with van der Waals surface area (Å²) in [6.07, 6.45) is 0. The van der Waals surface area contributed by atoms with Crippen molar-refractivity contribution >= 4 is 27.5 Å². The van der Waals surface area contributed by atoms with Crippen molar-refractivity contribution in [2.45, 2.75) is 25.0 Å². The van der Waals surface area contributed by atoms with Crippen molar-refractivity contribution in [2.75, 3.05) is 26.3 Å². The summed E-state index contributed by atoms with van der Waals surface area (Å²) in [7, 11) is 0. The van der Waals surface area contributed by atoms with Crippen LogP contribution in [-0.2, 0) is 9.47 Å². The summed E-state index contributed by atoms with van der Waals surface area (Å²) < 4.78 is 11.1. The number of hydrogen-bond donors (Lipinski definition) is 0. The second kappa shape index (κ2) is 5.78. The summed E-state index contributed by atoms with van der Waals surface area (Å²) in [6, 6.07) is 18.5. The molecule has 0 saturated carbocycles. The molecule has 0 spiro atoms. The number of carbonyl (C=O) groups excluding carboxylic acids is 1. The molecule has 2 saturated heterocycles. The fourth-order valence-corrected chi connectivity index (χ4v) is 3.76. The van der Waals surface area contributed by atoms with E-state index in [0.29, 0.717) is 26.3 Å². The van der Waals surface area contributed by atoms with Crippen LogP contribution < -0.4 is 0 Å². The molecule has 138 valence electrons. The van der Waals surface area contributed by atoms with Gasteiger partial charge in [-0.25, -0.2) is 0 Å². The lowest BCUT2D eigenvalue weighted by Crippen LogP contribution is -2.43. The Hall–Kier alpha value is -2.43. The molecule has 0 aliphatic carbocycles. The molecule has 2 aliphatic heterocycles. The summed E-state index contributed by atoms with van der Waals surface area (Å²) in [5.74, 6) is 0.0457. The largest absolute Gasteiger partial charge is 0.368 e. The van der Waals surface area contributed by atoms with E-state index in [2.05, 4.69) is 44.2 Å². The predicted molar refractivity (Wildman–Crippen MR) is 106 cm³/mol. The minimum absolute atomic E-state index is 0.0457. The smallest absolute Gasteiger partial charge is 0.254 e. The minimum Gasteiger partial charge on any atom is -0.368 e. The highest BCUT2D eigenvalue weighted by atomic mass is 16.6. The summed E-state index contributed by atoms with van der Waals surface area (Å²) in [6.45, 7) is 6.70. The second-order valence-corrected chi connectivity index (χ2v) is 8.36. The summed E-state index contributed by atoms with van der Waals surface area (Å²) in [4.78, 5) is 15.4. The Balaban J connectivity index is 1.57. The molecular weight excluding hydrogens is 338 g/mol. The SMILES string of the molecule is CC1(CN(CC2(C)CO2)C(=O)c2cccc3cc4ccccc4cc23)CO1. The number of rotatable bonds is 5. The number of carbonyl (C=O) groups is 1. The van der Waals surface area contributed by atoms with E-state index in [-0.39, 0.29) is 17.1 Å². The highest BCUT2D eigenvalue weighted by Crippen LogP contribution is 2.33. The van der Waals surface area contributed by atoms with Crippen LogP contribution >= 0.6 is 0 Å². The molecule has 27 heavy (non-hydrogen) atoms. The summed E-state index contributed by atoms with van der Waals surface area (Å²) in [5, 5.41) is 4.41. The zero-order valence-electron chi connectivity index (χ0n) is 15.7. The quantitative estimate of drug-likeness (QED) is 0.509. The average molecular weight is 361 g/mol. The molecule has 2 aliphatic rings. The highest BCUT2D eigenvalue weighted by Gasteiger charge is 2.47. The van der Waals surface area contributed by atoms with Crippen LogP contribution in [0.1, 0.15) is 24.2 Å². The molecule has 1 amide bonds. The first kappa shape index (κ1) is 16.7. The zero-order valence-corrected chi connectivity index (χ0v) is 15.7. The van der Waals surface area contributed by atoms with E-state index in [9.17, 15) is 4.79 Å². The molecule has 4 nitrogen and oxygen atoms in total. The van der Waals surface area contributed by atoms with E-state index in [1.54, 1.807) is 0 Å². The van der Waals surface area contributed by atoms with Crippen LogP contribution in [0, 0.1) is 0 Å². The van der Waals surface area contributed by atoms with Crippen molar-refractivity contribution in [1.82, 2.24) is 4.90 Å². The van der Waals surface area contributed by atoms with Gasteiger partial charge in [-0.3, -0.25) is 4.79 Å². The molecule has 0 N–H and O–H groups in total. The molecule has 3 aromatic rings. The number of amides is 1. The Kier molecular flexibility index (Phi) is 3.58. The van der Waals surface area contributed by atoms with E-state index in [1.807, 2.05) is 29.2 Å². The minimum atomic E-state index is -0.224. The van der Waals surface area contributed by atoms with Gasteiger partial charge in [0.25, 0.3) is 5.91 Å². The Labute approximate surface area is 158 Å². The Bertz CT molecular complexity index is 1030. The third-order valence-electron chi connectivity index (χ3n) is 5.59. The number of hydrogen-bond acceptors (Lipinski definition) is 3. The lowest BCUT2D eigenvalue weighted by Gasteiger charge is -2.27. The standard InChI is InChI=1S/C23H23NO3/c1-22(14-26-22)12-24(13-23(2)15-27-23)21(25)19-9-5-8-18-10-16-6-3-4-7-17(16)11-20(18)19/h3-11H,12-15H2,1-2H3. The maximum Gasteiger partial charge on any atom is 0.254 e. The molecule has 2 heterocycles. The van der Waals surface area contributed by atoms with Gasteiger partial charge in [0.1, 0.15) is 11.2 Å². The first-order chi connectivity index (χ1) is 12.9. The van der Waals surface area contributed by atoms with Crippen LogP contribution in [0.3, 0.4) is 0 Å². The third kappa shape index (κ3) is 3.20. The number of ether oxygens (including phenoxy) is 2. The lowest BCUT2D eigenvalue weighted by atomic mass is 9.98. The predicted octanol–water partition coefficient (Wildman–Crippen LogP) is 4.01. The molecular formula is C23H23NO3. The van der Waals surface area contributed by atoms with E-state index < -0.39 is 0 Å². The van der Waals surface area contributed by atoms with E-state index in [0.717, 1.165) is 21.7 Å². The van der Waals surface area contributed by atoms with Crippen molar-refractivity contribution in [2.24, 2.45) is 0 Å². The maximum absolute atomic E-state index is 13.5. The molecule has 3 aromatic carbocycles. The molecule has 2 fully saturated rings. The fraction of sp³-hybridized carbons (Fsp3) is 0.348. The van der Waals surface area contributed by atoms with Gasteiger partial charge in [-0.15, -0.1) is 0 Å². The molecule has 2 unspecified atom stereocenters. The average Bonchev–Trinajstić information content (AvgIpc) is 3.58. The van der Waals surface area contributed by atoms with Crippen LogP contribution in [-0.4, -0.2) is 48.3 Å². The Morgan fingerprint density at radius 1 is 0.889 bits per heavy atom. The monoisotopic (exact) mass is 361 g/mol. The van der Waals surface area contributed by atoms with Crippen molar-refractivity contribution in [3.8, 4) is 0 Å². The normalized spacial score (nSPS) is 26.3. The topological polar surface area (TPSA) is 45.4 Å². The maximum atomic E-state index is 13.5.